The summed E-state index contributed by atoms with van der Waals surface area (Å²) < 4.78 is 16.8. The van der Waals surface area contributed by atoms with E-state index in [9.17, 15) is 14.4 Å². The number of carbonyl (C=O) groups excluding carboxylic acids is 3. The normalized spacial score (nSPS) is 12.0. The summed E-state index contributed by atoms with van der Waals surface area (Å²) in [6, 6.07) is 0. The maximum Gasteiger partial charge on any atom is 0.306 e. The summed E-state index contributed by atoms with van der Waals surface area (Å²) in [4.78, 5) is 38.0. The highest BCUT2D eigenvalue weighted by Gasteiger charge is 2.19. The summed E-state index contributed by atoms with van der Waals surface area (Å²) in [6.45, 7) is 11.4. The van der Waals surface area contributed by atoms with Crippen LogP contribution in [0.1, 0.15) is 311 Å². The Morgan fingerprint density at radius 3 is 0.790 bits per heavy atom. The largest absolute Gasteiger partial charge is 0.462 e. The van der Waals surface area contributed by atoms with Crippen LogP contribution >= 0.6 is 0 Å². The zero-order chi connectivity index (χ0) is 45.4. The molecular formula is C56H108O6. The summed E-state index contributed by atoms with van der Waals surface area (Å²) in [6.07, 6.45) is 50.9. The van der Waals surface area contributed by atoms with Crippen molar-refractivity contribution in [1.82, 2.24) is 0 Å². The second-order valence-corrected chi connectivity index (χ2v) is 20.2. The fourth-order valence-electron chi connectivity index (χ4n) is 8.52. The monoisotopic (exact) mass is 877 g/mol. The Hall–Kier alpha value is -1.59. The lowest BCUT2D eigenvalue weighted by Crippen LogP contribution is -2.30. The Labute approximate surface area is 387 Å². The van der Waals surface area contributed by atoms with Gasteiger partial charge in [-0.1, -0.05) is 272 Å². The van der Waals surface area contributed by atoms with E-state index in [0.29, 0.717) is 19.3 Å². The number of hydrogen-bond donors (Lipinski definition) is 0. The van der Waals surface area contributed by atoms with Crippen molar-refractivity contribution in [1.29, 1.82) is 0 Å². The second-order valence-electron chi connectivity index (χ2n) is 20.2. The Balaban J connectivity index is 4.26. The van der Waals surface area contributed by atoms with Gasteiger partial charge < -0.3 is 14.2 Å². The molecule has 0 bridgehead atoms. The Morgan fingerprint density at radius 1 is 0.306 bits per heavy atom. The molecule has 368 valence electrons. The molecule has 0 fully saturated rings. The maximum atomic E-state index is 12.8. The molecule has 0 heterocycles. The van der Waals surface area contributed by atoms with Gasteiger partial charge in [-0.2, -0.15) is 0 Å². The van der Waals surface area contributed by atoms with Crippen molar-refractivity contribution in [2.75, 3.05) is 13.2 Å². The van der Waals surface area contributed by atoms with Crippen LogP contribution in [0.15, 0.2) is 0 Å². The van der Waals surface area contributed by atoms with Crippen molar-refractivity contribution in [3.8, 4) is 0 Å². The first-order valence-electron chi connectivity index (χ1n) is 27.7. The number of carbonyl (C=O) groups is 3. The maximum absolute atomic E-state index is 12.8. The topological polar surface area (TPSA) is 78.9 Å². The van der Waals surface area contributed by atoms with Crippen LogP contribution in [0.4, 0.5) is 0 Å². The molecule has 62 heavy (non-hydrogen) atoms. The molecule has 0 aliphatic rings. The average molecular weight is 877 g/mol. The summed E-state index contributed by atoms with van der Waals surface area (Å²) in [5.74, 6) is 0.842. The summed E-state index contributed by atoms with van der Waals surface area (Å²) >= 11 is 0. The van der Waals surface area contributed by atoms with Crippen molar-refractivity contribution in [3.05, 3.63) is 0 Å². The lowest BCUT2D eigenvalue weighted by Gasteiger charge is -2.18. The van der Waals surface area contributed by atoms with Crippen LogP contribution in [0.25, 0.3) is 0 Å². The van der Waals surface area contributed by atoms with Crippen molar-refractivity contribution < 1.29 is 28.6 Å². The zero-order valence-electron chi connectivity index (χ0n) is 42.5. The highest BCUT2D eigenvalue weighted by atomic mass is 16.6. The van der Waals surface area contributed by atoms with Crippen LogP contribution in [0.3, 0.4) is 0 Å². The average Bonchev–Trinajstić information content (AvgIpc) is 3.24. The first-order valence-corrected chi connectivity index (χ1v) is 27.7. The van der Waals surface area contributed by atoms with E-state index >= 15 is 0 Å². The van der Waals surface area contributed by atoms with Gasteiger partial charge in [0.05, 0.1) is 0 Å². The summed E-state index contributed by atoms with van der Waals surface area (Å²) in [7, 11) is 0. The minimum absolute atomic E-state index is 0.0630. The van der Waals surface area contributed by atoms with Gasteiger partial charge in [0.1, 0.15) is 13.2 Å². The van der Waals surface area contributed by atoms with Gasteiger partial charge >= 0.3 is 17.9 Å². The third-order valence-corrected chi connectivity index (χ3v) is 12.7. The number of hydrogen-bond acceptors (Lipinski definition) is 6. The SMILES string of the molecule is CCCCCCCCCCCCCC(=O)O[C@H](COC(=O)CCCCCCCCCCCCCCCCC(C)C)COC(=O)CCCCCCCCCCCCCCCC(C)C. The van der Waals surface area contributed by atoms with Gasteiger partial charge in [0.15, 0.2) is 6.10 Å². The van der Waals surface area contributed by atoms with Crippen LogP contribution in [-0.2, 0) is 28.6 Å². The van der Waals surface area contributed by atoms with Gasteiger partial charge in [0.25, 0.3) is 0 Å². The van der Waals surface area contributed by atoms with Crippen molar-refractivity contribution in [2.45, 2.75) is 317 Å². The number of rotatable bonds is 50. The fraction of sp³-hybridized carbons (Fsp3) is 0.946. The van der Waals surface area contributed by atoms with Gasteiger partial charge in [0, 0.05) is 19.3 Å². The van der Waals surface area contributed by atoms with Gasteiger partial charge in [0.2, 0.25) is 0 Å². The predicted molar refractivity (Wildman–Crippen MR) is 266 cm³/mol. The number of ether oxygens (including phenoxy) is 3. The Kier molecular flexibility index (Phi) is 47.6. The molecular weight excluding hydrogens is 769 g/mol. The van der Waals surface area contributed by atoms with E-state index in [0.717, 1.165) is 69.6 Å². The molecule has 0 saturated carbocycles. The van der Waals surface area contributed by atoms with Crippen LogP contribution in [-0.4, -0.2) is 37.2 Å². The molecule has 0 unspecified atom stereocenters. The van der Waals surface area contributed by atoms with Gasteiger partial charge in [-0.25, -0.2) is 0 Å². The molecule has 0 radical (unpaired) electrons. The smallest absolute Gasteiger partial charge is 0.306 e. The standard InChI is InChI=1S/C56H108O6/c1-6-7-8-9-10-11-19-28-33-38-43-48-56(59)62-53(50-61-55(58)47-42-37-32-27-23-18-14-16-21-25-30-35-40-45-52(4)5)49-60-54(57)46-41-36-31-26-22-17-13-12-15-20-24-29-34-39-44-51(2)3/h51-53H,6-50H2,1-5H3/t53-/m1/s1. The molecule has 6 heteroatoms. The van der Waals surface area contributed by atoms with Crippen LogP contribution in [0.5, 0.6) is 0 Å². The van der Waals surface area contributed by atoms with E-state index in [4.69, 9.17) is 14.2 Å². The first kappa shape index (κ1) is 60.4. The molecule has 0 aliphatic heterocycles. The fourth-order valence-corrected chi connectivity index (χ4v) is 8.52. The molecule has 0 rings (SSSR count). The quantitative estimate of drug-likeness (QED) is 0.0344. The van der Waals surface area contributed by atoms with Gasteiger partial charge in [-0.15, -0.1) is 0 Å². The van der Waals surface area contributed by atoms with Crippen LogP contribution in [0.2, 0.25) is 0 Å². The molecule has 0 aliphatic carbocycles. The molecule has 0 aromatic heterocycles. The third-order valence-electron chi connectivity index (χ3n) is 12.7. The molecule has 0 amide bonds. The minimum atomic E-state index is -0.761. The minimum Gasteiger partial charge on any atom is -0.462 e. The third kappa shape index (κ3) is 49.4. The molecule has 6 nitrogen and oxygen atoms in total. The molecule has 1 atom stereocenters. The van der Waals surface area contributed by atoms with E-state index < -0.39 is 6.10 Å². The molecule has 0 aromatic rings. The van der Waals surface area contributed by atoms with E-state index in [2.05, 4.69) is 34.6 Å². The van der Waals surface area contributed by atoms with E-state index in [1.54, 1.807) is 0 Å². The summed E-state index contributed by atoms with van der Waals surface area (Å²) in [5.41, 5.74) is 0. The lowest BCUT2D eigenvalue weighted by atomic mass is 10.0. The van der Waals surface area contributed by atoms with Crippen LogP contribution < -0.4 is 0 Å². The highest BCUT2D eigenvalue weighted by Crippen LogP contribution is 2.18. The Bertz CT molecular complexity index is 947. The second kappa shape index (κ2) is 48.9. The van der Waals surface area contributed by atoms with E-state index in [1.807, 2.05) is 0 Å². The van der Waals surface area contributed by atoms with Crippen molar-refractivity contribution in [3.63, 3.8) is 0 Å². The highest BCUT2D eigenvalue weighted by molar-refractivity contribution is 5.71. The van der Waals surface area contributed by atoms with E-state index in [1.165, 1.54) is 199 Å². The summed E-state index contributed by atoms with van der Waals surface area (Å²) in [5, 5.41) is 0. The van der Waals surface area contributed by atoms with Crippen LogP contribution in [0, 0.1) is 11.8 Å². The molecule has 0 spiro atoms. The Morgan fingerprint density at radius 2 is 0.532 bits per heavy atom. The van der Waals surface area contributed by atoms with Gasteiger partial charge in [-0.3, -0.25) is 14.4 Å². The number of unbranched alkanes of at least 4 members (excludes halogenated alkanes) is 35. The van der Waals surface area contributed by atoms with Crippen molar-refractivity contribution >= 4 is 17.9 Å². The molecule has 0 aromatic carbocycles. The first-order chi connectivity index (χ1) is 30.2. The predicted octanol–water partition coefficient (Wildman–Crippen LogP) is 18.1. The molecule has 0 saturated heterocycles. The van der Waals surface area contributed by atoms with Crippen molar-refractivity contribution in [2.24, 2.45) is 11.8 Å². The zero-order valence-corrected chi connectivity index (χ0v) is 42.5. The molecule has 0 N–H and O–H groups in total. The van der Waals surface area contributed by atoms with E-state index in [-0.39, 0.29) is 31.1 Å². The number of esters is 3. The van der Waals surface area contributed by atoms with Gasteiger partial charge in [-0.05, 0) is 31.1 Å². The lowest BCUT2D eigenvalue weighted by molar-refractivity contribution is -0.167.